The number of benzene rings is 3. The van der Waals surface area contributed by atoms with Crippen LogP contribution in [0.4, 0.5) is 0 Å². The van der Waals surface area contributed by atoms with Crippen molar-refractivity contribution in [2.24, 2.45) is 11.8 Å². The van der Waals surface area contributed by atoms with Crippen LogP contribution in [0.25, 0.3) is 0 Å². The molecular weight excluding hydrogens is 752 g/mol. The number of carboxylic acid groups (broad SMARTS) is 2. The molecule has 0 radical (unpaired) electrons. The van der Waals surface area contributed by atoms with E-state index in [1.807, 2.05) is 60.7 Å². The minimum Gasteiger partial charge on any atom is -0.508 e. The largest absolute Gasteiger partial charge is 0.508 e. The Morgan fingerprint density at radius 1 is 0.603 bits per heavy atom. The van der Waals surface area contributed by atoms with Crippen LogP contribution in [0.3, 0.4) is 0 Å². The smallest absolute Gasteiger partial charge is 0.310 e. The van der Waals surface area contributed by atoms with E-state index in [0.29, 0.717) is 18.4 Å². The Balaban J connectivity index is 1.74. The fraction of sp³-hybridized carbons (Fsp3) is 0.381. The van der Waals surface area contributed by atoms with Crippen molar-refractivity contribution in [3.63, 3.8) is 0 Å². The third kappa shape index (κ3) is 15.9. The maximum atomic E-state index is 13.6. The third-order valence-corrected chi connectivity index (χ3v) is 9.02. The van der Waals surface area contributed by atoms with Crippen molar-refractivity contribution in [2.45, 2.75) is 83.5 Å². The highest BCUT2D eigenvalue weighted by Crippen LogP contribution is 2.18. The molecule has 0 heterocycles. The van der Waals surface area contributed by atoms with Gasteiger partial charge in [0.15, 0.2) is 12.4 Å². The molecule has 16 heteroatoms. The summed E-state index contributed by atoms with van der Waals surface area (Å²) < 4.78 is 5.40. The van der Waals surface area contributed by atoms with Gasteiger partial charge in [0.1, 0.15) is 29.9 Å². The Hall–Kier alpha value is -6.58. The number of amides is 4. The van der Waals surface area contributed by atoms with Gasteiger partial charge in [0.2, 0.25) is 23.6 Å². The Labute approximate surface area is 335 Å². The molecule has 16 nitrogen and oxygen atoms in total. The number of aromatic hydroxyl groups is 1. The van der Waals surface area contributed by atoms with Gasteiger partial charge >= 0.3 is 17.9 Å². The van der Waals surface area contributed by atoms with Crippen LogP contribution < -0.4 is 21.3 Å². The molecule has 3 aromatic carbocycles. The standard InChI is InChI=1S/C42H50N4O12/c1-25(2)38(46-39(54)32(18-19-36(50)51)44-40(55)34(43-26(3)47)22-29-14-16-31(48)17-15-29)41(56)45-33(23-37(52)53)35(49)24-58-42(57)30(20-27-10-6-4-7-11-27)21-28-12-8-5-9-13-28/h4-17,25,30,32-34,38,48H,18-24H2,1-3H3,(H,43,47)(H,44,55)(H,45,56)(H,46,54)(H,50,51)(H,52,53). The number of hydrogen-bond donors (Lipinski definition) is 7. The lowest BCUT2D eigenvalue weighted by Crippen LogP contribution is -2.59. The summed E-state index contributed by atoms with van der Waals surface area (Å²) in [5, 5.41) is 38.3. The number of carbonyl (C=O) groups is 8. The maximum Gasteiger partial charge on any atom is 0.310 e. The number of ether oxygens (including phenoxy) is 1. The third-order valence-electron chi connectivity index (χ3n) is 9.02. The molecule has 0 saturated heterocycles. The van der Waals surface area contributed by atoms with Crippen molar-refractivity contribution in [2.75, 3.05) is 6.61 Å². The molecule has 310 valence electrons. The second kappa shape index (κ2) is 22.8. The fourth-order valence-electron chi connectivity index (χ4n) is 6.00. The molecule has 7 N–H and O–H groups in total. The van der Waals surface area contributed by atoms with Gasteiger partial charge in [0.05, 0.1) is 12.3 Å². The number of carbonyl (C=O) groups excluding carboxylic acids is 6. The molecule has 0 fully saturated rings. The molecule has 0 aliphatic heterocycles. The van der Waals surface area contributed by atoms with Gasteiger partial charge in [-0.15, -0.1) is 0 Å². The van der Waals surface area contributed by atoms with Crippen molar-refractivity contribution in [3.05, 3.63) is 102 Å². The number of nitrogens with one attached hydrogen (secondary N) is 4. The number of carboxylic acids is 2. The number of aliphatic carboxylic acids is 2. The van der Waals surface area contributed by atoms with Crippen molar-refractivity contribution in [3.8, 4) is 5.75 Å². The van der Waals surface area contributed by atoms with Gasteiger partial charge in [-0.25, -0.2) is 0 Å². The van der Waals surface area contributed by atoms with E-state index in [1.165, 1.54) is 31.2 Å². The van der Waals surface area contributed by atoms with Crippen LogP contribution in [0.1, 0.15) is 56.7 Å². The van der Waals surface area contributed by atoms with Crippen LogP contribution in [0.2, 0.25) is 0 Å². The van der Waals surface area contributed by atoms with E-state index >= 15 is 0 Å². The summed E-state index contributed by atoms with van der Waals surface area (Å²) in [6.45, 7) is 3.43. The summed E-state index contributed by atoms with van der Waals surface area (Å²) in [7, 11) is 0. The number of phenols is 1. The number of esters is 1. The second-order valence-electron chi connectivity index (χ2n) is 14.2. The predicted octanol–water partition coefficient (Wildman–Crippen LogP) is 2.10. The number of phenolic OH excluding ortho intramolecular Hbond substituents is 1. The Bertz CT molecular complexity index is 1850. The first-order chi connectivity index (χ1) is 27.5. The lowest BCUT2D eigenvalue weighted by molar-refractivity contribution is -0.153. The SMILES string of the molecule is CC(=O)NC(Cc1ccc(O)cc1)C(=O)NC(CCC(=O)O)C(=O)NC(C(=O)NC(CC(=O)O)C(=O)COC(=O)C(Cc1ccccc1)Cc1ccccc1)C(C)C. The molecule has 0 aliphatic rings. The van der Waals surface area contributed by atoms with Gasteiger partial charge in [-0.1, -0.05) is 86.6 Å². The fourth-order valence-corrected chi connectivity index (χ4v) is 6.00. The summed E-state index contributed by atoms with van der Waals surface area (Å²) in [5.41, 5.74) is 2.26. The minimum absolute atomic E-state index is 0.0253. The zero-order chi connectivity index (χ0) is 42.8. The molecule has 0 saturated carbocycles. The van der Waals surface area contributed by atoms with Crippen molar-refractivity contribution in [1.29, 1.82) is 0 Å². The summed E-state index contributed by atoms with van der Waals surface area (Å²) >= 11 is 0. The predicted molar refractivity (Wildman–Crippen MR) is 209 cm³/mol. The highest BCUT2D eigenvalue weighted by Gasteiger charge is 2.34. The van der Waals surface area contributed by atoms with Crippen molar-refractivity contribution in [1.82, 2.24) is 21.3 Å². The van der Waals surface area contributed by atoms with Gasteiger partial charge in [-0.2, -0.15) is 0 Å². The van der Waals surface area contributed by atoms with Crippen LogP contribution in [0.15, 0.2) is 84.9 Å². The maximum absolute atomic E-state index is 13.6. The first-order valence-corrected chi connectivity index (χ1v) is 18.7. The van der Waals surface area contributed by atoms with Gasteiger partial charge in [0, 0.05) is 19.8 Å². The molecule has 0 aromatic heterocycles. The molecule has 4 amide bonds. The molecule has 4 atom stereocenters. The molecule has 0 aliphatic carbocycles. The van der Waals surface area contributed by atoms with E-state index in [1.54, 1.807) is 13.8 Å². The van der Waals surface area contributed by atoms with E-state index in [9.17, 15) is 53.7 Å². The van der Waals surface area contributed by atoms with E-state index < -0.39 is 109 Å². The van der Waals surface area contributed by atoms with Gasteiger partial charge in [-0.05, 0) is 54.0 Å². The Morgan fingerprint density at radius 2 is 1.12 bits per heavy atom. The second-order valence-corrected chi connectivity index (χ2v) is 14.2. The lowest BCUT2D eigenvalue weighted by atomic mass is 9.92. The summed E-state index contributed by atoms with van der Waals surface area (Å²) in [6, 6.07) is 18.4. The average Bonchev–Trinajstić information content (AvgIpc) is 3.17. The average molecular weight is 803 g/mol. The highest BCUT2D eigenvalue weighted by atomic mass is 16.5. The number of rotatable bonds is 23. The van der Waals surface area contributed by atoms with Crippen LogP contribution in [-0.4, -0.2) is 93.4 Å². The monoisotopic (exact) mass is 802 g/mol. The zero-order valence-corrected chi connectivity index (χ0v) is 32.5. The Morgan fingerprint density at radius 3 is 1.62 bits per heavy atom. The summed E-state index contributed by atoms with van der Waals surface area (Å²) in [6.07, 6.45) is -1.30. The molecule has 4 unspecified atom stereocenters. The number of Topliss-reactive ketones (excluding diaryl/α,β-unsaturated/α-hetero) is 1. The topological polar surface area (TPSA) is 255 Å². The quantitative estimate of drug-likeness (QED) is 0.0681. The van der Waals surface area contributed by atoms with Crippen LogP contribution in [-0.2, 0) is 62.4 Å². The molecule has 0 spiro atoms. The minimum atomic E-state index is -1.67. The van der Waals surface area contributed by atoms with E-state index in [0.717, 1.165) is 11.1 Å². The van der Waals surface area contributed by atoms with E-state index in [-0.39, 0.29) is 12.2 Å². The molecule has 3 rings (SSSR count). The molecular formula is C42H50N4O12. The van der Waals surface area contributed by atoms with Crippen LogP contribution in [0, 0.1) is 11.8 Å². The van der Waals surface area contributed by atoms with E-state index in [2.05, 4.69) is 21.3 Å². The van der Waals surface area contributed by atoms with Gasteiger partial charge < -0.3 is 41.3 Å². The number of ketones is 1. The van der Waals surface area contributed by atoms with Crippen molar-refractivity contribution < 1.29 is 58.4 Å². The van der Waals surface area contributed by atoms with Crippen LogP contribution >= 0.6 is 0 Å². The van der Waals surface area contributed by atoms with Gasteiger partial charge in [0.25, 0.3) is 0 Å². The summed E-state index contributed by atoms with van der Waals surface area (Å²) in [5.74, 6) is -9.07. The zero-order valence-electron chi connectivity index (χ0n) is 32.5. The lowest BCUT2D eigenvalue weighted by Gasteiger charge is -2.27. The normalized spacial score (nSPS) is 13.0. The molecule has 3 aromatic rings. The summed E-state index contributed by atoms with van der Waals surface area (Å²) in [4.78, 5) is 103. The van der Waals surface area contributed by atoms with Crippen LogP contribution in [0.5, 0.6) is 5.75 Å². The highest BCUT2D eigenvalue weighted by molar-refractivity contribution is 5.97. The van der Waals surface area contributed by atoms with Crippen molar-refractivity contribution >= 4 is 47.3 Å². The first-order valence-electron chi connectivity index (χ1n) is 18.7. The van der Waals surface area contributed by atoms with E-state index in [4.69, 9.17) is 4.74 Å². The molecule has 58 heavy (non-hydrogen) atoms. The van der Waals surface area contributed by atoms with Gasteiger partial charge in [-0.3, -0.25) is 38.4 Å². The Kier molecular flexibility index (Phi) is 18.0. The molecule has 0 bridgehead atoms. The first kappa shape index (κ1) is 45.8. The number of hydrogen-bond acceptors (Lipinski definition) is 10.